The van der Waals surface area contributed by atoms with Gasteiger partial charge in [0.25, 0.3) is 0 Å². The van der Waals surface area contributed by atoms with Gasteiger partial charge in [-0.3, -0.25) is 4.79 Å². The first-order valence-electron chi connectivity index (χ1n) is 9.48. The van der Waals surface area contributed by atoms with Gasteiger partial charge >= 0.3 is 0 Å². The molecule has 0 spiro atoms. The summed E-state index contributed by atoms with van der Waals surface area (Å²) in [7, 11) is 0. The average molecular weight is 369 g/mol. The van der Waals surface area contributed by atoms with Gasteiger partial charge in [-0.2, -0.15) is 0 Å². The van der Waals surface area contributed by atoms with E-state index in [0.717, 1.165) is 30.4 Å². The summed E-state index contributed by atoms with van der Waals surface area (Å²) in [6.45, 7) is 0.709. The van der Waals surface area contributed by atoms with Gasteiger partial charge in [-0.05, 0) is 49.4 Å². The van der Waals surface area contributed by atoms with Crippen LogP contribution in [0.1, 0.15) is 48.9 Å². The van der Waals surface area contributed by atoms with Gasteiger partial charge in [-0.1, -0.05) is 30.3 Å². The number of phenolic OH excluding ortho intramolecular Hbond substituents is 1. The molecule has 0 saturated carbocycles. The minimum Gasteiger partial charge on any atom is -0.508 e. The second-order valence-electron chi connectivity index (χ2n) is 7.28. The van der Waals surface area contributed by atoms with Crippen LogP contribution in [-0.2, 0) is 4.79 Å². The molecular weight excluding hydrogens is 345 g/mol. The van der Waals surface area contributed by atoms with Crippen molar-refractivity contribution in [2.75, 3.05) is 6.54 Å². The molecule has 5 nitrogen and oxygen atoms in total. The van der Waals surface area contributed by atoms with Crippen LogP contribution in [-0.4, -0.2) is 28.5 Å². The third-order valence-electron chi connectivity index (χ3n) is 5.55. The number of piperidine rings is 1. The van der Waals surface area contributed by atoms with Crippen molar-refractivity contribution in [2.45, 2.75) is 43.8 Å². The van der Waals surface area contributed by atoms with Crippen LogP contribution in [0, 0.1) is 5.82 Å². The van der Waals surface area contributed by atoms with Crippen molar-refractivity contribution in [3.05, 3.63) is 65.5 Å². The van der Waals surface area contributed by atoms with Crippen molar-refractivity contribution < 1.29 is 14.3 Å². The van der Waals surface area contributed by atoms with E-state index in [-0.39, 0.29) is 35.6 Å². The van der Waals surface area contributed by atoms with Crippen molar-refractivity contribution in [1.29, 1.82) is 0 Å². The van der Waals surface area contributed by atoms with Crippen LogP contribution in [0.3, 0.4) is 0 Å². The average Bonchev–Trinajstić information content (AvgIpc) is 3.18. The molecule has 0 aliphatic carbocycles. The molecule has 0 aromatic heterocycles. The van der Waals surface area contributed by atoms with Gasteiger partial charge in [0, 0.05) is 12.1 Å². The quantitative estimate of drug-likeness (QED) is 0.778. The van der Waals surface area contributed by atoms with Crippen LogP contribution in [0.25, 0.3) is 0 Å². The van der Waals surface area contributed by atoms with Crippen molar-refractivity contribution in [2.24, 2.45) is 0 Å². The zero-order valence-electron chi connectivity index (χ0n) is 15.1. The highest BCUT2D eigenvalue weighted by atomic mass is 19.1. The van der Waals surface area contributed by atoms with Crippen LogP contribution in [0.15, 0.2) is 48.5 Å². The number of rotatable bonds is 3. The number of likely N-dealkylation sites (tertiary alicyclic amines) is 1. The first kappa shape index (κ1) is 17.9. The summed E-state index contributed by atoms with van der Waals surface area (Å²) in [6.07, 6.45) is 3.50. The Morgan fingerprint density at radius 1 is 1.07 bits per heavy atom. The highest BCUT2D eigenvalue weighted by molar-refractivity contribution is 5.83. The standard InChI is InChI=1S/C21H24FN3O2/c22-15-10-8-14(9-11-15)19-6-3-4-12-25(19)21(27)18-13-17(23-24-18)16-5-1-2-7-20(16)26/h1-2,5,7-11,17-19,23-24,26H,3-4,6,12-13H2. The first-order chi connectivity index (χ1) is 13.1. The number of hydrogen-bond donors (Lipinski definition) is 3. The predicted molar refractivity (Wildman–Crippen MR) is 100 cm³/mol. The van der Waals surface area contributed by atoms with Crippen LogP contribution in [0.5, 0.6) is 5.75 Å². The molecule has 3 unspecified atom stereocenters. The van der Waals surface area contributed by atoms with Gasteiger partial charge in [0.1, 0.15) is 17.6 Å². The Hall–Kier alpha value is -2.44. The number of carbonyl (C=O) groups is 1. The highest BCUT2D eigenvalue weighted by Gasteiger charge is 2.37. The third kappa shape index (κ3) is 3.68. The molecule has 6 heteroatoms. The number of hydrogen-bond acceptors (Lipinski definition) is 4. The fourth-order valence-corrected chi connectivity index (χ4v) is 4.13. The third-order valence-corrected chi connectivity index (χ3v) is 5.55. The number of para-hydroxylation sites is 1. The summed E-state index contributed by atoms with van der Waals surface area (Å²) in [5.41, 5.74) is 8.00. The number of nitrogens with one attached hydrogen (secondary N) is 2. The topological polar surface area (TPSA) is 64.6 Å². The SMILES string of the molecule is O=C(C1CC(c2ccccc2O)NN1)N1CCCCC1c1ccc(F)cc1. The molecule has 27 heavy (non-hydrogen) atoms. The Kier molecular flexibility index (Phi) is 5.09. The van der Waals surface area contributed by atoms with E-state index < -0.39 is 0 Å². The Bertz CT molecular complexity index is 811. The lowest BCUT2D eigenvalue weighted by atomic mass is 9.93. The maximum atomic E-state index is 13.3. The van der Waals surface area contributed by atoms with E-state index in [1.165, 1.54) is 12.1 Å². The van der Waals surface area contributed by atoms with E-state index in [4.69, 9.17) is 0 Å². The number of phenols is 1. The number of amides is 1. The lowest BCUT2D eigenvalue weighted by molar-refractivity contribution is -0.137. The van der Waals surface area contributed by atoms with E-state index in [2.05, 4.69) is 10.9 Å². The number of nitrogens with zero attached hydrogens (tertiary/aromatic N) is 1. The van der Waals surface area contributed by atoms with Crippen molar-refractivity contribution in [3.63, 3.8) is 0 Å². The summed E-state index contributed by atoms with van der Waals surface area (Å²) in [5, 5.41) is 10.1. The van der Waals surface area contributed by atoms with Gasteiger partial charge in [0.05, 0.1) is 12.1 Å². The van der Waals surface area contributed by atoms with Crippen molar-refractivity contribution >= 4 is 5.91 Å². The second-order valence-corrected chi connectivity index (χ2v) is 7.28. The van der Waals surface area contributed by atoms with E-state index >= 15 is 0 Å². The lowest BCUT2D eigenvalue weighted by Crippen LogP contribution is -2.48. The summed E-state index contributed by atoms with van der Waals surface area (Å²) in [5.74, 6) is 0.0149. The molecule has 2 aromatic carbocycles. The normalized spacial score (nSPS) is 25.5. The molecule has 0 radical (unpaired) electrons. The van der Waals surface area contributed by atoms with E-state index in [1.807, 2.05) is 17.0 Å². The smallest absolute Gasteiger partial charge is 0.241 e. The summed E-state index contributed by atoms with van der Waals surface area (Å²) < 4.78 is 13.3. The number of halogens is 1. The van der Waals surface area contributed by atoms with Crippen LogP contribution in [0.2, 0.25) is 0 Å². The number of carbonyl (C=O) groups excluding carboxylic acids is 1. The van der Waals surface area contributed by atoms with Gasteiger partial charge in [-0.25, -0.2) is 15.2 Å². The van der Waals surface area contributed by atoms with Crippen molar-refractivity contribution in [1.82, 2.24) is 15.8 Å². The maximum absolute atomic E-state index is 13.3. The fourth-order valence-electron chi connectivity index (χ4n) is 4.13. The lowest BCUT2D eigenvalue weighted by Gasteiger charge is -2.37. The molecule has 2 aromatic rings. The maximum Gasteiger partial charge on any atom is 0.241 e. The summed E-state index contributed by atoms with van der Waals surface area (Å²) >= 11 is 0. The molecule has 142 valence electrons. The van der Waals surface area contributed by atoms with Gasteiger partial charge in [0.15, 0.2) is 0 Å². The minimum atomic E-state index is -0.351. The molecule has 2 fully saturated rings. The Morgan fingerprint density at radius 3 is 2.63 bits per heavy atom. The van der Waals surface area contributed by atoms with Gasteiger partial charge in [-0.15, -0.1) is 0 Å². The van der Waals surface area contributed by atoms with Crippen molar-refractivity contribution in [3.8, 4) is 5.75 Å². The van der Waals surface area contributed by atoms with E-state index in [0.29, 0.717) is 13.0 Å². The molecule has 2 saturated heterocycles. The fraction of sp³-hybridized carbons (Fsp3) is 0.381. The van der Waals surface area contributed by atoms with Crippen LogP contribution in [0.4, 0.5) is 4.39 Å². The van der Waals surface area contributed by atoms with Crippen LogP contribution >= 0.6 is 0 Å². The molecular formula is C21H24FN3O2. The second kappa shape index (κ2) is 7.66. The summed E-state index contributed by atoms with van der Waals surface area (Å²) in [4.78, 5) is 15.1. The van der Waals surface area contributed by atoms with Crippen LogP contribution < -0.4 is 10.9 Å². The largest absolute Gasteiger partial charge is 0.508 e. The molecule has 1 amide bonds. The predicted octanol–water partition coefficient (Wildman–Crippen LogP) is 3.19. The molecule has 2 aliphatic heterocycles. The van der Waals surface area contributed by atoms with Gasteiger partial charge in [0.2, 0.25) is 5.91 Å². The Morgan fingerprint density at radius 2 is 1.85 bits per heavy atom. The molecule has 2 heterocycles. The molecule has 3 N–H and O–H groups in total. The number of benzene rings is 2. The van der Waals surface area contributed by atoms with E-state index in [9.17, 15) is 14.3 Å². The Balaban J connectivity index is 1.49. The molecule has 3 atom stereocenters. The molecule has 4 rings (SSSR count). The van der Waals surface area contributed by atoms with E-state index in [1.54, 1.807) is 24.3 Å². The highest BCUT2D eigenvalue weighted by Crippen LogP contribution is 2.34. The summed E-state index contributed by atoms with van der Waals surface area (Å²) in [6, 6.07) is 13.2. The Labute approximate surface area is 158 Å². The van der Waals surface area contributed by atoms with Gasteiger partial charge < -0.3 is 10.0 Å². The minimum absolute atomic E-state index is 0.0159. The molecule has 2 aliphatic rings. The zero-order chi connectivity index (χ0) is 18.8. The number of aromatic hydroxyl groups is 1. The number of hydrazine groups is 1. The monoisotopic (exact) mass is 369 g/mol. The molecule has 0 bridgehead atoms. The first-order valence-corrected chi connectivity index (χ1v) is 9.48. The zero-order valence-corrected chi connectivity index (χ0v) is 15.1.